The first-order chi connectivity index (χ1) is 15.4. The molecule has 0 fully saturated rings. The molecule has 0 bridgehead atoms. The lowest BCUT2D eigenvalue weighted by atomic mass is 10.1. The van der Waals surface area contributed by atoms with E-state index in [4.69, 9.17) is 4.42 Å². The Balaban J connectivity index is 1.40. The minimum atomic E-state index is 0.510. The molecule has 0 aliphatic rings. The zero-order valence-corrected chi connectivity index (χ0v) is 17.4. The summed E-state index contributed by atoms with van der Waals surface area (Å²) in [6, 6.07) is 30.2. The maximum atomic E-state index is 5.84. The Hall–Kier alpha value is -3.71. The Labute approximate surface area is 184 Å². The standard InChI is InChI=1S/C24H19N5OS/c1-4-10-18(11-5-1)16-21-25-28-24(29(21)20-14-8-3-9-15-20)31-17-22-26-27-23(30-22)19-12-6-2-7-13-19/h1-15H,16-17H2. The van der Waals surface area contributed by atoms with E-state index in [0.29, 0.717) is 24.0 Å². The summed E-state index contributed by atoms with van der Waals surface area (Å²) < 4.78 is 7.93. The maximum absolute atomic E-state index is 5.84. The largest absolute Gasteiger partial charge is 0.420 e. The van der Waals surface area contributed by atoms with Crippen molar-refractivity contribution in [2.24, 2.45) is 0 Å². The molecular weight excluding hydrogens is 406 g/mol. The number of rotatable bonds is 7. The Morgan fingerprint density at radius 2 is 1.39 bits per heavy atom. The lowest BCUT2D eigenvalue weighted by Gasteiger charge is -2.09. The van der Waals surface area contributed by atoms with Gasteiger partial charge in [0.2, 0.25) is 11.8 Å². The molecule has 2 heterocycles. The van der Waals surface area contributed by atoms with E-state index in [1.165, 1.54) is 17.3 Å². The van der Waals surface area contributed by atoms with Gasteiger partial charge in [-0.25, -0.2) is 0 Å². The summed E-state index contributed by atoms with van der Waals surface area (Å²) in [6.07, 6.45) is 0.696. The van der Waals surface area contributed by atoms with E-state index in [1.54, 1.807) is 0 Å². The molecule has 0 atom stereocenters. The van der Waals surface area contributed by atoms with E-state index in [2.05, 4.69) is 49.2 Å². The highest BCUT2D eigenvalue weighted by Gasteiger charge is 2.17. The summed E-state index contributed by atoms with van der Waals surface area (Å²) in [6.45, 7) is 0. The van der Waals surface area contributed by atoms with Crippen LogP contribution in [0.15, 0.2) is 101 Å². The molecule has 0 aliphatic heterocycles. The lowest BCUT2D eigenvalue weighted by Crippen LogP contribution is -2.03. The van der Waals surface area contributed by atoms with Gasteiger partial charge in [-0.1, -0.05) is 78.5 Å². The van der Waals surface area contributed by atoms with E-state index in [0.717, 1.165) is 22.2 Å². The van der Waals surface area contributed by atoms with Gasteiger partial charge in [-0.2, -0.15) is 0 Å². The van der Waals surface area contributed by atoms with Crippen LogP contribution in [0.5, 0.6) is 0 Å². The Kier molecular flexibility index (Phi) is 5.58. The van der Waals surface area contributed by atoms with Crippen LogP contribution in [0.25, 0.3) is 17.1 Å². The van der Waals surface area contributed by atoms with E-state index in [-0.39, 0.29) is 0 Å². The van der Waals surface area contributed by atoms with Crippen molar-refractivity contribution in [1.82, 2.24) is 25.0 Å². The van der Waals surface area contributed by atoms with Crippen molar-refractivity contribution >= 4 is 11.8 Å². The van der Waals surface area contributed by atoms with Crippen molar-refractivity contribution in [2.45, 2.75) is 17.3 Å². The molecule has 3 aromatic carbocycles. The summed E-state index contributed by atoms with van der Waals surface area (Å²) in [5.74, 6) is 2.47. The third kappa shape index (κ3) is 4.41. The Bertz CT molecular complexity index is 1250. The summed E-state index contributed by atoms with van der Waals surface area (Å²) in [5.41, 5.74) is 3.12. The number of para-hydroxylation sites is 1. The highest BCUT2D eigenvalue weighted by atomic mass is 32.2. The van der Waals surface area contributed by atoms with Gasteiger partial charge in [-0.3, -0.25) is 4.57 Å². The molecule has 152 valence electrons. The zero-order chi connectivity index (χ0) is 20.9. The van der Waals surface area contributed by atoms with E-state index < -0.39 is 0 Å². The molecule has 0 radical (unpaired) electrons. The van der Waals surface area contributed by atoms with Crippen molar-refractivity contribution in [3.05, 3.63) is 108 Å². The Morgan fingerprint density at radius 1 is 0.710 bits per heavy atom. The predicted octanol–water partition coefficient (Wildman–Crippen LogP) is 5.20. The van der Waals surface area contributed by atoms with Gasteiger partial charge in [0.25, 0.3) is 0 Å². The number of nitrogens with zero attached hydrogens (tertiary/aromatic N) is 5. The molecule has 7 heteroatoms. The quantitative estimate of drug-likeness (QED) is 0.334. The minimum Gasteiger partial charge on any atom is -0.420 e. The van der Waals surface area contributed by atoms with E-state index in [1.807, 2.05) is 66.7 Å². The molecule has 0 amide bonds. The van der Waals surface area contributed by atoms with Crippen LogP contribution in [0.3, 0.4) is 0 Å². The normalized spacial score (nSPS) is 11.0. The zero-order valence-electron chi connectivity index (χ0n) is 16.6. The van der Waals surface area contributed by atoms with Crippen LogP contribution in [0, 0.1) is 0 Å². The van der Waals surface area contributed by atoms with Gasteiger partial charge in [0.05, 0.1) is 5.75 Å². The second-order valence-electron chi connectivity index (χ2n) is 6.89. The average molecular weight is 426 g/mol. The maximum Gasteiger partial charge on any atom is 0.247 e. The van der Waals surface area contributed by atoms with Crippen LogP contribution in [0.1, 0.15) is 17.3 Å². The molecule has 0 unspecified atom stereocenters. The molecule has 2 aromatic heterocycles. The fourth-order valence-corrected chi connectivity index (χ4v) is 4.07. The third-order valence-electron chi connectivity index (χ3n) is 4.73. The van der Waals surface area contributed by atoms with Gasteiger partial charge < -0.3 is 4.42 Å². The molecule has 0 saturated heterocycles. The number of benzene rings is 3. The van der Waals surface area contributed by atoms with Crippen molar-refractivity contribution in [3.8, 4) is 17.1 Å². The predicted molar refractivity (Wildman–Crippen MR) is 120 cm³/mol. The number of aromatic nitrogens is 5. The SMILES string of the molecule is c1ccc(Cc2nnc(SCc3nnc(-c4ccccc4)o3)n2-c2ccccc2)cc1. The first kappa shape index (κ1) is 19.3. The summed E-state index contributed by atoms with van der Waals surface area (Å²) in [5, 5.41) is 18.1. The highest BCUT2D eigenvalue weighted by molar-refractivity contribution is 7.98. The van der Waals surface area contributed by atoms with E-state index in [9.17, 15) is 0 Å². The summed E-state index contributed by atoms with van der Waals surface area (Å²) in [4.78, 5) is 0. The van der Waals surface area contributed by atoms with Gasteiger partial charge in [0.15, 0.2) is 5.16 Å². The molecule has 0 aliphatic carbocycles. The van der Waals surface area contributed by atoms with E-state index >= 15 is 0 Å². The molecule has 5 rings (SSSR count). The second kappa shape index (κ2) is 8.97. The minimum absolute atomic E-state index is 0.510. The molecule has 0 saturated carbocycles. The smallest absolute Gasteiger partial charge is 0.247 e. The van der Waals surface area contributed by atoms with Crippen molar-refractivity contribution in [2.75, 3.05) is 0 Å². The average Bonchev–Trinajstić information content (AvgIpc) is 3.47. The molecule has 5 aromatic rings. The summed E-state index contributed by atoms with van der Waals surface area (Å²) >= 11 is 1.53. The number of hydrogen-bond donors (Lipinski definition) is 0. The number of thioether (sulfide) groups is 1. The van der Waals surface area contributed by atoms with Gasteiger partial charge in [-0.15, -0.1) is 20.4 Å². The fourth-order valence-electron chi connectivity index (χ4n) is 3.26. The van der Waals surface area contributed by atoms with Gasteiger partial charge in [0, 0.05) is 17.7 Å². The van der Waals surface area contributed by atoms with Crippen molar-refractivity contribution in [1.29, 1.82) is 0 Å². The van der Waals surface area contributed by atoms with Crippen LogP contribution in [-0.4, -0.2) is 25.0 Å². The molecule has 6 nitrogen and oxygen atoms in total. The topological polar surface area (TPSA) is 69.6 Å². The lowest BCUT2D eigenvalue weighted by molar-refractivity contribution is 0.528. The summed E-state index contributed by atoms with van der Waals surface area (Å²) in [7, 11) is 0. The van der Waals surface area contributed by atoms with Gasteiger partial charge in [-0.05, 0) is 29.8 Å². The van der Waals surface area contributed by atoms with Crippen molar-refractivity contribution in [3.63, 3.8) is 0 Å². The van der Waals surface area contributed by atoms with Crippen LogP contribution in [-0.2, 0) is 12.2 Å². The Morgan fingerprint density at radius 3 is 2.13 bits per heavy atom. The third-order valence-corrected chi connectivity index (χ3v) is 5.65. The number of hydrogen-bond acceptors (Lipinski definition) is 6. The van der Waals surface area contributed by atoms with Crippen molar-refractivity contribution < 1.29 is 4.42 Å². The first-order valence-corrected chi connectivity index (χ1v) is 10.9. The monoisotopic (exact) mass is 425 g/mol. The highest BCUT2D eigenvalue weighted by Crippen LogP contribution is 2.27. The molecule has 0 spiro atoms. The van der Waals surface area contributed by atoms with Gasteiger partial charge >= 0.3 is 0 Å². The molecule has 31 heavy (non-hydrogen) atoms. The molecule has 0 N–H and O–H groups in total. The van der Waals surface area contributed by atoms with Crippen LogP contribution >= 0.6 is 11.8 Å². The van der Waals surface area contributed by atoms with Crippen LogP contribution < -0.4 is 0 Å². The first-order valence-electron chi connectivity index (χ1n) is 9.91. The second-order valence-corrected chi connectivity index (χ2v) is 7.83. The fraction of sp³-hybridized carbons (Fsp3) is 0.0833. The van der Waals surface area contributed by atoms with Crippen LogP contribution in [0.2, 0.25) is 0 Å². The van der Waals surface area contributed by atoms with Gasteiger partial charge in [0.1, 0.15) is 5.82 Å². The molecular formula is C24H19N5OS. The van der Waals surface area contributed by atoms with Crippen LogP contribution in [0.4, 0.5) is 0 Å².